The first kappa shape index (κ1) is 61.4. The predicted molar refractivity (Wildman–Crippen MR) is 276 cm³/mol. The Morgan fingerprint density at radius 3 is 1.39 bits per heavy atom. The highest BCUT2D eigenvalue weighted by Crippen LogP contribution is 2.23. The van der Waals surface area contributed by atoms with Crippen molar-refractivity contribution in [3.63, 3.8) is 0 Å². The fourth-order valence-corrected chi connectivity index (χ4v) is 7.98. The average molecular weight is 926 g/mol. The molecule has 380 valence electrons. The highest BCUT2D eigenvalue weighted by molar-refractivity contribution is 5.76. The van der Waals surface area contributed by atoms with Crippen LogP contribution in [0.1, 0.15) is 213 Å². The quantitative estimate of drug-likeness (QED) is 0.0261. The monoisotopic (exact) mass is 926 g/mol. The van der Waals surface area contributed by atoms with Crippen LogP contribution >= 0.6 is 0 Å². The van der Waals surface area contributed by atoms with Gasteiger partial charge in [-0.25, -0.2) is 0 Å². The number of allylic oxidation sites excluding steroid dienone is 13. The van der Waals surface area contributed by atoms with E-state index in [1.165, 1.54) is 109 Å². The molecule has 1 amide bonds. The lowest BCUT2D eigenvalue weighted by molar-refractivity contribution is -0.302. The van der Waals surface area contributed by atoms with Gasteiger partial charge in [0.25, 0.3) is 0 Å². The van der Waals surface area contributed by atoms with Gasteiger partial charge in [0.2, 0.25) is 5.91 Å². The molecule has 1 fully saturated rings. The summed E-state index contributed by atoms with van der Waals surface area (Å²) in [6.45, 7) is 3.65. The molecule has 1 saturated heterocycles. The van der Waals surface area contributed by atoms with Crippen LogP contribution in [0.3, 0.4) is 0 Å². The third-order valence-corrected chi connectivity index (χ3v) is 12.2. The fourth-order valence-electron chi connectivity index (χ4n) is 7.98. The van der Waals surface area contributed by atoms with E-state index in [-0.39, 0.29) is 12.5 Å². The van der Waals surface area contributed by atoms with Gasteiger partial charge in [-0.1, -0.05) is 221 Å². The molecule has 1 aliphatic rings. The molecule has 0 aromatic heterocycles. The van der Waals surface area contributed by atoms with E-state index < -0.39 is 49.5 Å². The van der Waals surface area contributed by atoms with Crippen LogP contribution in [0.4, 0.5) is 0 Å². The van der Waals surface area contributed by atoms with Crippen LogP contribution in [0.5, 0.6) is 0 Å². The standard InChI is InChI=1S/C57H99NO8/c1-3-5-7-9-11-13-15-17-19-20-21-22-23-24-25-26-27-28-29-30-31-32-33-35-37-39-41-43-45-47-53(61)58-50(49-65-57-56(64)55(63)54(62)52(48-59)66-57)51(60)46-44-42-40-38-36-34-18-16-14-12-10-8-6-4-2/h5,7,11,13,17,19,21-22,24-25,27-28,44,46,50-52,54-57,59-60,62-64H,3-4,6,8-10,12,14-16,18,20,23,26,29-43,45,47-49H2,1-2H3,(H,58,61)/b7-5-,13-11-,19-17-,22-21-,25-24-,28-27-,46-44+. The number of carbonyl (C=O) groups is 1. The molecule has 1 aliphatic heterocycles. The number of rotatable bonds is 44. The normalized spacial score (nSPS) is 20.5. The summed E-state index contributed by atoms with van der Waals surface area (Å²) >= 11 is 0. The summed E-state index contributed by atoms with van der Waals surface area (Å²) in [6.07, 6.45) is 57.7. The van der Waals surface area contributed by atoms with Crippen molar-refractivity contribution in [2.45, 2.75) is 256 Å². The smallest absolute Gasteiger partial charge is 0.220 e. The molecule has 9 heteroatoms. The van der Waals surface area contributed by atoms with Gasteiger partial charge in [-0.2, -0.15) is 0 Å². The van der Waals surface area contributed by atoms with Crippen LogP contribution in [0, 0.1) is 0 Å². The highest BCUT2D eigenvalue weighted by atomic mass is 16.7. The van der Waals surface area contributed by atoms with Crippen LogP contribution in [0.25, 0.3) is 0 Å². The Hall–Kier alpha value is -2.63. The van der Waals surface area contributed by atoms with Crippen molar-refractivity contribution in [3.8, 4) is 0 Å². The maximum atomic E-state index is 13.0. The third kappa shape index (κ3) is 35.5. The molecular formula is C57H99NO8. The van der Waals surface area contributed by atoms with Gasteiger partial charge in [0.15, 0.2) is 6.29 Å². The molecule has 0 aromatic rings. The van der Waals surface area contributed by atoms with Gasteiger partial charge in [0.05, 0.1) is 25.4 Å². The second-order valence-electron chi connectivity index (χ2n) is 18.3. The predicted octanol–water partition coefficient (Wildman–Crippen LogP) is 12.7. The van der Waals surface area contributed by atoms with Crippen molar-refractivity contribution >= 4 is 5.91 Å². The Balaban J connectivity index is 2.23. The van der Waals surface area contributed by atoms with E-state index in [4.69, 9.17) is 9.47 Å². The lowest BCUT2D eigenvalue weighted by atomic mass is 9.99. The second-order valence-corrected chi connectivity index (χ2v) is 18.3. The molecule has 1 heterocycles. The van der Waals surface area contributed by atoms with Gasteiger partial charge in [-0.15, -0.1) is 0 Å². The van der Waals surface area contributed by atoms with Gasteiger partial charge in [-0.3, -0.25) is 4.79 Å². The first-order valence-electron chi connectivity index (χ1n) is 26.8. The largest absolute Gasteiger partial charge is 0.394 e. The molecule has 66 heavy (non-hydrogen) atoms. The van der Waals surface area contributed by atoms with Crippen molar-refractivity contribution < 1.29 is 39.8 Å². The lowest BCUT2D eigenvalue weighted by Crippen LogP contribution is -2.60. The van der Waals surface area contributed by atoms with Gasteiger partial charge in [0.1, 0.15) is 24.4 Å². The molecule has 1 rings (SSSR count). The molecular weight excluding hydrogens is 827 g/mol. The van der Waals surface area contributed by atoms with Crippen molar-refractivity contribution in [1.29, 1.82) is 0 Å². The van der Waals surface area contributed by atoms with Gasteiger partial charge >= 0.3 is 0 Å². The third-order valence-electron chi connectivity index (χ3n) is 12.2. The minimum Gasteiger partial charge on any atom is -0.394 e. The number of aliphatic hydroxyl groups is 5. The topological polar surface area (TPSA) is 149 Å². The molecule has 0 saturated carbocycles. The summed E-state index contributed by atoms with van der Waals surface area (Å²) in [6, 6.07) is -0.811. The number of hydrogen-bond acceptors (Lipinski definition) is 8. The molecule has 6 N–H and O–H groups in total. The van der Waals surface area contributed by atoms with Gasteiger partial charge in [0, 0.05) is 6.42 Å². The van der Waals surface area contributed by atoms with E-state index in [9.17, 15) is 30.3 Å². The maximum absolute atomic E-state index is 13.0. The molecule has 0 bridgehead atoms. The number of amides is 1. The summed E-state index contributed by atoms with van der Waals surface area (Å²) in [5.74, 6) is -0.185. The van der Waals surface area contributed by atoms with Crippen molar-refractivity contribution in [1.82, 2.24) is 5.32 Å². The van der Waals surface area contributed by atoms with E-state index in [0.717, 1.165) is 83.5 Å². The second kappa shape index (κ2) is 46.1. The first-order valence-corrected chi connectivity index (χ1v) is 26.8. The Labute approximate surface area is 403 Å². The van der Waals surface area contributed by atoms with Crippen LogP contribution in [0.2, 0.25) is 0 Å². The molecule has 0 aromatic carbocycles. The number of nitrogens with one attached hydrogen (secondary N) is 1. The zero-order chi connectivity index (χ0) is 48.0. The van der Waals surface area contributed by atoms with Gasteiger partial charge < -0.3 is 40.3 Å². The summed E-state index contributed by atoms with van der Waals surface area (Å²) in [4.78, 5) is 13.0. The molecule has 7 atom stereocenters. The van der Waals surface area contributed by atoms with Crippen LogP contribution < -0.4 is 5.32 Å². The number of unbranched alkanes of at least 4 members (excludes halogenated alkanes) is 22. The van der Waals surface area contributed by atoms with Crippen molar-refractivity contribution in [3.05, 3.63) is 85.1 Å². The Bertz CT molecular complexity index is 1300. The van der Waals surface area contributed by atoms with Crippen LogP contribution in [-0.4, -0.2) is 87.5 Å². The van der Waals surface area contributed by atoms with E-state index in [1.807, 2.05) is 6.08 Å². The number of hydrogen-bond donors (Lipinski definition) is 6. The maximum Gasteiger partial charge on any atom is 0.220 e. The molecule has 9 nitrogen and oxygen atoms in total. The van der Waals surface area contributed by atoms with E-state index in [1.54, 1.807) is 6.08 Å². The zero-order valence-corrected chi connectivity index (χ0v) is 41.9. The Morgan fingerprint density at radius 1 is 0.530 bits per heavy atom. The molecule has 0 spiro atoms. The average Bonchev–Trinajstić information content (AvgIpc) is 3.32. The lowest BCUT2D eigenvalue weighted by Gasteiger charge is -2.40. The SMILES string of the molecule is CC/C=C\C/C=C\C/C=C\C/C=C\C/C=C\C/C=C\CCCCCCCCCCCCC(=O)NC(COC1OC(CO)C(O)C(O)C1O)C(O)/C=C/CCCCCCCCCCCCCC. The fraction of sp³-hybridized carbons (Fsp3) is 0.737. The molecule has 0 radical (unpaired) electrons. The zero-order valence-electron chi connectivity index (χ0n) is 41.9. The van der Waals surface area contributed by atoms with Crippen LogP contribution in [-0.2, 0) is 14.3 Å². The summed E-state index contributed by atoms with van der Waals surface area (Å²) in [7, 11) is 0. The number of carbonyl (C=O) groups excluding carboxylic acids is 1. The van der Waals surface area contributed by atoms with E-state index >= 15 is 0 Å². The minimum atomic E-state index is -1.57. The summed E-state index contributed by atoms with van der Waals surface area (Å²) in [5.41, 5.74) is 0. The minimum absolute atomic E-state index is 0.185. The first-order chi connectivity index (χ1) is 32.3. The van der Waals surface area contributed by atoms with Crippen molar-refractivity contribution in [2.24, 2.45) is 0 Å². The summed E-state index contributed by atoms with van der Waals surface area (Å²) in [5, 5.41) is 54.4. The highest BCUT2D eigenvalue weighted by Gasteiger charge is 2.44. The summed E-state index contributed by atoms with van der Waals surface area (Å²) < 4.78 is 11.2. The molecule has 0 aliphatic carbocycles. The Kier molecular flexibility index (Phi) is 42.9. The van der Waals surface area contributed by atoms with Gasteiger partial charge in [-0.05, 0) is 70.6 Å². The van der Waals surface area contributed by atoms with Crippen molar-refractivity contribution in [2.75, 3.05) is 13.2 Å². The Morgan fingerprint density at radius 2 is 0.939 bits per heavy atom. The van der Waals surface area contributed by atoms with E-state index in [0.29, 0.717) is 6.42 Å². The van der Waals surface area contributed by atoms with Crippen LogP contribution in [0.15, 0.2) is 85.1 Å². The number of aliphatic hydroxyl groups excluding tert-OH is 5. The molecule has 7 unspecified atom stereocenters. The van der Waals surface area contributed by atoms with E-state index in [2.05, 4.69) is 92.1 Å². The number of ether oxygens (including phenoxy) is 2.